The molecule has 0 saturated heterocycles. The Morgan fingerprint density at radius 1 is 1.08 bits per heavy atom. The minimum absolute atomic E-state index is 0.0504. The van der Waals surface area contributed by atoms with Gasteiger partial charge in [-0.2, -0.15) is 0 Å². The van der Waals surface area contributed by atoms with E-state index in [2.05, 4.69) is 13.8 Å². The van der Waals surface area contributed by atoms with Crippen LogP contribution < -0.4 is 4.74 Å². The Morgan fingerprint density at radius 3 is 2.42 bits per heavy atom. The van der Waals surface area contributed by atoms with E-state index in [0.29, 0.717) is 11.5 Å². The van der Waals surface area contributed by atoms with Crippen molar-refractivity contribution in [2.75, 3.05) is 0 Å². The van der Waals surface area contributed by atoms with Crippen LogP contribution in [-0.2, 0) is 20.7 Å². The first-order valence-electron chi connectivity index (χ1n) is 9.12. The smallest absolute Gasteiger partial charge is 0.308 e. The first kappa shape index (κ1) is 18.4. The van der Waals surface area contributed by atoms with Crippen LogP contribution in [0.25, 0.3) is 5.76 Å². The van der Waals surface area contributed by atoms with Crippen LogP contribution in [0.3, 0.4) is 0 Å². The normalized spacial score (nSPS) is 18.3. The quantitative estimate of drug-likeness (QED) is 0.561. The molecule has 0 saturated carbocycles. The maximum absolute atomic E-state index is 11.7. The molecule has 0 amide bonds. The number of carbonyl (C=O) groups is 2. The number of fused-ring (bicyclic) bond motifs is 1. The van der Waals surface area contributed by atoms with Gasteiger partial charge in [0.25, 0.3) is 0 Å². The molecule has 0 bridgehead atoms. The lowest BCUT2D eigenvalue weighted by Crippen LogP contribution is -2.20. The van der Waals surface area contributed by atoms with E-state index in [0.717, 1.165) is 42.4 Å². The van der Waals surface area contributed by atoms with Crippen molar-refractivity contribution >= 4 is 17.7 Å². The van der Waals surface area contributed by atoms with E-state index in [1.807, 2.05) is 25.1 Å². The summed E-state index contributed by atoms with van der Waals surface area (Å²) < 4.78 is 11.0. The van der Waals surface area contributed by atoms with Gasteiger partial charge >= 0.3 is 11.9 Å². The van der Waals surface area contributed by atoms with Crippen molar-refractivity contribution in [2.24, 2.45) is 5.41 Å². The van der Waals surface area contributed by atoms with Gasteiger partial charge in [0.1, 0.15) is 11.5 Å². The minimum Gasteiger partial charge on any atom is -0.426 e. The average Bonchev–Trinajstić information content (AvgIpc) is 2.65. The number of allylic oxidation sites excluding steroid dienone is 3. The summed E-state index contributed by atoms with van der Waals surface area (Å²) in [4.78, 5) is 23.1. The third-order valence-corrected chi connectivity index (χ3v) is 5.24. The summed E-state index contributed by atoms with van der Waals surface area (Å²) >= 11 is 0. The van der Waals surface area contributed by atoms with Crippen LogP contribution >= 0.6 is 0 Å². The molecular weight excluding hydrogens is 328 g/mol. The Morgan fingerprint density at radius 2 is 1.77 bits per heavy atom. The monoisotopic (exact) mass is 354 g/mol. The molecule has 0 radical (unpaired) electrons. The molecule has 0 aromatic heterocycles. The molecule has 1 aromatic carbocycles. The zero-order chi connectivity index (χ0) is 19.1. The van der Waals surface area contributed by atoms with Gasteiger partial charge in [-0.25, -0.2) is 0 Å². The summed E-state index contributed by atoms with van der Waals surface area (Å²) in [7, 11) is 0. The molecule has 0 N–H and O–H groups in total. The van der Waals surface area contributed by atoms with Crippen molar-refractivity contribution in [3.8, 4) is 5.75 Å². The van der Waals surface area contributed by atoms with E-state index in [1.54, 1.807) is 0 Å². The Balaban J connectivity index is 2.18. The highest BCUT2D eigenvalue weighted by molar-refractivity contribution is 5.80. The standard InChI is InChI=1S/C22H26O4/c1-13-9-18-17(11-20(13)25-14(2)23)10-16-7-6-8-22(4,5)19(16)12-21(18)26-15(3)24/h9,11-12H,6-8,10H2,1-5H3. The average molecular weight is 354 g/mol. The predicted octanol–water partition coefficient (Wildman–Crippen LogP) is 4.89. The summed E-state index contributed by atoms with van der Waals surface area (Å²) in [5, 5.41) is 0. The van der Waals surface area contributed by atoms with E-state index in [9.17, 15) is 9.59 Å². The van der Waals surface area contributed by atoms with E-state index >= 15 is 0 Å². The van der Waals surface area contributed by atoms with Crippen LogP contribution in [0, 0.1) is 12.3 Å². The summed E-state index contributed by atoms with van der Waals surface area (Å²) in [6, 6.07) is 3.87. The van der Waals surface area contributed by atoms with Crippen LogP contribution in [0.15, 0.2) is 29.4 Å². The molecule has 4 nitrogen and oxygen atoms in total. The number of esters is 2. The second-order valence-electron chi connectivity index (χ2n) is 7.90. The third kappa shape index (κ3) is 3.59. The van der Waals surface area contributed by atoms with Crippen LogP contribution in [0.1, 0.15) is 63.6 Å². The van der Waals surface area contributed by atoms with Crippen molar-refractivity contribution in [1.29, 1.82) is 0 Å². The second kappa shape index (κ2) is 6.75. The molecule has 138 valence electrons. The first-order valence-corrected chi connectivity index (χ1v) is 9.12. The molecule has 0 aliphatic heterocycles. The van der Waals surface area contributed by atoms with Crippen molar-refractivity contribution in [1.82, 2.24) is 0 Å². The molecular formula is C22H26O4. The molecule has 2 aliphatic rings. The number of ether oxygens (including phenoxy) is 2. The fraction of sp³-hybridized carbons (Fsp3) is 0.455. The maximum Gasteiger partial charge on any atom is 0.308 e. The molecule has 0 atom stereocenters. The van der Waals surface area contributed by atoms with Crippen molar-refractivity contribution in [2.45, 2.75) is 60.3 Å². The second-order valence-corrected chi connectivity index (χ2v) is 7.90. The van der Waals surface area contributed by atoms with E-state index < -0.39 is 0 Å². The van der Waals surface area contributed by atoms with E-state index in [4.69, 9.17) is 9.47 Å². The van der Waals surface area contributed by atoms with Gasteiger partial charge < -0.3 is 9.47 Å². The molecule has 0 unspecified atom stereocenters. The van der Waals surface area contributed by atoms with Gasteiger partial charge in [0, 0.05) is 19.4 Å². The topological polar surface area (TPSA) is 52.6 Å². The summed E-state index contributed by atoms with van der Waals surface area (Å²) in [6.07, 6.45) is 6.14. The zero-order valence-corrected chi connectivity index (χ0v) is 16.2. The fourth-order valence-electron chi connectivity index (χ4n) is 4.02. The fourth-order valence-corrected chi connectivity index (χ4v) is 4.02. The zero-order valence-electron chi connectivity index (χ0n) is 16.2. The number of benzene rings is 1. The molecule has 0 spiro atoms. The van der Waals surface area contributed by atoms with Gasteiger partial charge in [0.05, 0.1) is 0 Å². The highest BCUT2D eigenvalue weighted by Crippen LogP contribution is 2.46. The van der Waals surface area contributed by atoms with Gasteiger partial charge in [-0.05, 0) is 72.9 Å². The largest absolute Gasteiger partial charge is 0.426 e. The molecule has 2 aliphatic carbocycles. The van der Waals surface area contributed by atoms with Crippen LogP contribution in [0.2, 0.25) is 0 Å². The van der Waals surface area contributed by atoms with E-state index in [1.165, 1.54) is 25.0 Å². The Bertz CT molecular complexity index is 840. The van der Waals surface area contributed by atoms with Gasteiger partial charge in [-0.1, -0.05) is 19.4 Å². The Labute approximate surface area is 154 Å². The van der Waals surface area contributed by atoms with Gasteiger partial charge in [-0.15, -0.1) is 0 Å². The highest BCUT2D eigenvalue weighted by Gasteiger charge is 2.32. The molecule has 26 heavy (non-hydrogen) atoms. The van der Waals surface area contributed by atoms with Crippen LogP contribution in [0.5, 0.6) is 5.75 Å². The van der Waals surface area contributed by atoms with Gasteiger partial charge in [0.2, 0.25) is 0 Å². The molecule has 3 rings (SSSR count). The summed E-state index contributed by atoms with van der Waals surface area (Å²) in [5.74, 6) is 0.486. The third-order valence-electron chi connectivity index (χ3n) is 5.24. The van der Waals surface area contributed by atoms with Gasteiger partial charge in [-0.3, -0.25) is 9.59 Å². The number of hydrogen-bond donors (Lipinski definition) is 0. The van der Waals surface area contributed by atoms with Crippen LogP contribution in [0.4, 0.5) is 0 Å². The van der Waals surface area contributed by atoms with E-state index in [-0.39, 0.29) is 17.4 Å². The molecule has 1 aromatic rings. The van der Waals surface area contributed by atoms with Crippen molar-refractivity contribution in [3.05, 3.63) is 46.0 Å². The highest BCUT2D eigenvalue weighted by atomic mass is 16.5. The number of rotatable bonds is 2. The van der Waals surface area contributed by atoms with Crippen molar-refractivity contribution in [3.63, 3.8) is 0 Å². The van der Waals surface area contributed by atoms with Gasteiger partial charge in [0.15, 0.2) is 0 Å². The van der Waals surface area contributed by atoms with Crippen LogP contribution in [-0.4, -0.2) is 11.9 Å². The Kier molecular flexibility index (Phi) is 4.78. The Hall–Kier alpha value is -2.36. The van der Waals surface area contributed by atoms with Crippen molar-refractivity contribution < 1.29 is 19.1 Å². The first-order chi connectivity index (χ1) is 12.2. The predicted molar refractivity (Wildman–Crippen MR) is 101 cm³/mol. The summed E-state index contributed by atoms with van der Waals surface area (Å²) in [5.41, 5.74) is 5.47. The number of carbonyl (C=O) groups excluding carboxylic acids is 2. The molecule has 0 fully saturated rings. The number of aryl methyl sites for hydroxylation is 1. The maximum atomic E-state index is 11.7. The lowest BCUT2D eigenvalue weighted by atomic mass is 9.72. The lowest BCUT2D eigenvalue weighted by molar-refractivity contribution is -0.134. The molecule has 0 heterocycles. The molecule has 4 heteroatoms. The summed E-state index contributed by atoms with van der Waals surface area (Å²) in [6.45, 7) is 9.21. The lowest BCUT2D eigenvalue weighted by Gasteiger charge is -2.33. The minimum atomic E-state index is -0.337. The number of hydrogen-bond acceptors (Lipinski definition) is 4. The SMILES string of the molecule is CC(=O)OC1=CC2=C(CCCC2(C)C)Cc2cc(OC(C)=O)c(C)cc21.